The minimum atomic E-state index is -0.335. The van der Waals surface area contributed by atoms with Gasteiger partial charge in [0.1, 0.15) is 0 Å². The van der Waals surface area contributed by atoms with Crippen LogP contribution in [0.2, 0.25) is 5.02 Å². The minimum absolute atomic E-state index is 0.000852. The van der Waals surface area contributed by atoms with Crippen molar-refractivity contribution in [3.05, 3.63) is 28.8 Å². The zero-order valence-corrected chi connectivity index (χ0v) is 12.1. The van der Waals surface area contributed by atoms with Crippen LogP contribution in [0.5, 0.6) is 0 Å². The average molecular weight is 293 g/mol. The number of halogens is 1. The van der Waals surface area contributed by atoms with Crippen molar-refractivity contribution >= 4 is 29.2 Å². The van der Waals surface area contributed by atoms with Gasteiger partial charge in [0.25, 0.3) is 0 Å². The Morgan fingerprint density at radius 3 is 2.75 bits per heavy atom. The monoisotopic (exact) mass is 292 g/mol. The summed E-state index contributed by atoms with van der Waals surface area (Å²) in [5, 5.41) is 3.52. The molecule has 2 aliphatic rings. The van der Waals surface area contributed by atoms with Crippen LogP contribution in [0.25, 0.3) is 0 Å². The van der Waals surface area contributed by atoms with Crippen molar-refractivity contribution in [2.75, 3.05) is 4.90 Å². The van der Waals surface area contributed by atoms with E-state index in [0.717, 1.165) is 31.2 Å². The first kappa shape index (κ1) is 13.4. The lowest BCUT2D eigenvalue weighted by Gasteiger charge is -2.39. The SMILES string of the molecule is Cc1ccc(N2C(=O)NC3CCCCC3C2=O)cc1Cl. The van der Waals surface area contributed by atoms with Gasteiger partial charge in [0.05, 0.1) is 11.6 Å². The van der Waals surface area contributed by atoms with Crippen LogP contribution in [0.4, 0.5) is 10.5 Å². The highest BCUT2D eigenvalue weighted by Crippen LogP contribution is 2.32. The number of urea groups is 1. The molecule has 106 valence electrons. The molecule has 1 aromatic rings. The van der Waals surface area contributed by atoms with E-state index in [1.165, 1.54) is 4.90 Å². The lowest BCUT2D eigenvalue weighted by Crippen LogP contribution is -2.61. The average Bonchev–Trinajstić information content (AvgIpc) is 2.43. The third-order valence-corrected chi connectivity index (χ3v) is 4.64. The second-order valence-corrected chi connectivity index (χ2v) is 5.96. The van der Waals surface area contributed by atoms with E-state index in [9.17, 15) is 9.59 Å². The van der Waals surface area contributed by atoms with Gasteiger partial charge in [0, 0.05) is 11.1 Å². The van der Waals surface area contributed by atoms with Crippen LogP contribution in [-0.2, 0) is 4.79 Å². The van der Waals surface area contributed by atoms with Gasteiger partial charge in [-0.1, -0.05) is 30.5 Å². The lowest BCUT2D eigenvalue weighted by molar-refractivity contribution is -0.124. The first-order valence-electron chi connectivity index (χ1n) is 6.98. The lowest BCUT2D eigenvalue weighted by atomic mass is 9.82. The molecule has 5 heteroatoms. The van der Waals surface area contributed by atoms with Crippen LogP contribution in [0, 0.1) is 12.8 Å². The Balaban J connectivity index is 1.93. The summed E-state index contributed by atoms with van der Waals surface area (Å²) in [6.45, 7) is 1.89. The van der Waals surface area contributed by atoms with Crippen molar-refractivity contribution in [1.82, 2.24) is 5.32 Å². The van der Waals surface area contributed by atoms with Crippen molar-refractivity contribution in [3.63, 3.8) is 0 Å². The molecule has 0 bridgehead atoms. The predicted molar refractivity (Wildman–Crippen MR) is 78.0 cm³/mol. The topological polar surface area (TPSA) is 49.4 Å². The summed E-state index contributed by atoms with van der Waals surface area (Å²) in [6, 6.07) is 4.93. The fourth-order valence-electron chi connectivity index (χ4n) is 3.05. The molecule has 3 amide bonds. The first-order valence-corrected chi connectivity index (χ1v) is 7.36. The molecular weight excluding hydrogens is 276 g/mol. The molecule has 1 heterocycles. The third-order valence-electron chi connectivity index (χ3n) is 4.23. The van der Waals surface area contributed by atoms with Gasteiger partial charge in [-0.2, -0.15) is 0 Å². The number of anilines is 1. The van der Waals surface area contributed by atoms with Gasteiger partial charge < -0.3 is 5.32 Å². The maximum atomic E-state index is 12.6. The molecule has 1 aliphatic carbocycles. The van der Waals surface area contributed by atoms with E-state index in [4.69, 9.17) is 11.6 Å². The van der Waals surface area contributed by atoms with E-state index in [2.05, 4.69) is 5.32 Å². The summed E-state index contributed by atoms with van der Waals surface area (Å²) in [5.74, 6) is -0.195. The molecule has 0 radical (unpaired) electrons. The van der Waals surface area contributed by atoms with Crippen molar-refractivity contribution in [3.8, 4) is 0 Å². The van der Waals surface area contributed by atoms with Crippen LogP contribution in [0.15, 0.2) is 18.2 Å². The molecule has 0 aromatic heterocycles. The minimum Gasteiger partial charge on any atom is -0.334 e. The molecule has 1 saturated heterocycles. The highest BCUT2D eigenvalue weighted by molar-refractivity contribution is 6.32. The molecule has 2 fully saturated rings. The van der Waals surface area contributed by atoms with Gasteiger partial charge >= 0.3 is 6.03 Å². The Hall–Kier alpha value is -1.55. The number of aryl methyl sites for hydroxylation is 1. The Labute approximate surface area is 123 Å². The summed E-state index contributed by atoms with van der Waals surface area (Å²) >= 11 is 6.10. The number of rotatable bonds is 1. The van der Waals surface area contributed by atoms with Gasteiger partial charge in [-0.3, -0.25) is 4.79 Å². The third kappa shape index (κ3) is 2.18. The molecule has 0 spiro atoms. The first-order chi connectivity index (χ1) is 9.58. The molecule has 20 heavy (non-hydrogen) atoms. The molecule has 1 aliphatic heterocycles. The van der Waals surface area contributed by atoms with Crippen LogP contribution < -0.4 is 10.2 Å². The smallest absolute Gasteiger partial charge is 0.328 e. The number of benzene rings is 1. The molecule has 4 nitrogen and oxygen atoms in total. The van der Waals surface area contributed by atoms with Gasteiger partial charge in [0.2, 0.25) is 5.91 Å². The second-order valence-electron chi connectivity index (χ2n) is 5.55. The maximum absolute atomic E-state index is 12.6. The highest BCUT2D eigenvalue weighted by atomic mass is 35.5. The van der Waals surface area contributed by atoms with Crippen molar-refractivity contribution < 1.29 is 9.59 Å². The summed E-state index contributed by atoms with van der Waals surface area (Å²) in [7, 11) is 0. The van der Waals surface area contributed by atoms with Crippen molar-refractivity contribution in [1.29, 1.82) is 0 Å². The molecule has 3 rings (SSSR count). The number of fused-ring (bicyclic) bond motifs is 1. The Morgan fingerprint density at radius 2 is 2.00 bits per heavy atom. The fraction of sp³-hybridized carbons (Fsp3) is 0.467. The molecular formula is C15H17ClN2O2. The van der Waals surface area contributed by atoms with E-state index in [1.807, 2.05) is 13.0 Å². The van der Waals surface area contributed by atoms with Gasteiger partial charge in [-0.15, -0.1) is 0 Å². The Bertz CT molecular complexity index is 573. The van der Waals surface area contributed by atoms with Crippen LogP contribution in [0.1, 0.15) is 31.2 Å². The number of amides is 3. The van der Waals surface area contributed by atoms with E-state index in [-0.39, 0.29) is 23.9 Å². The largest absolute Gasteiger partial charge is 0.334 e. The summed E-state index contributed by atoms with van der Waals surface area (Å²) < 4.78 is 0. The van der Waals surface area contributed by atoms with E-state index in [1.54, 1.807) is 12.1 Å². The molecule has 1 N–H and O–H groups in total. The molecule has 1 aromatic carbocycles. The fourth-order valence-corrected chi connectivity index (χ4v) is 3.23. The normalized spacial score (nSPS) is 26.2. The molecule has 2 atom stereocenters. The summed E-state index contributed by atoms with van der Waals surface area (Å²) in [4.78, 5) is 26.0. The quantitative estimate of drug-likeness (QED) is 0.863. The maximum Gasteiger partial charge on any atom is 0.328 e. The number of hydrogen-bond acceptors (Lipinski definition) is 2. The van der Waals surface area contributed by atoms with Gasteiger partial charge in [-0.05, 0) is 37.5 Å². The Kier molecular flexibility index (Phi) is 3.42. The standard InChI is InChI=1S/C15H17ClN2O2/c1-9-6-7-10(8-12(9)16)18-14(19)11-4-2-3-5-13(11)17-15(18)20/h6-8,11,13H,2-5H2,1H3,(H,17,20). The predicted octanol–water partition coefficient (Wildman–Crippen LogP) is 3.26. The van der Waals surface area contributed by atoms with Crippen LogP contribution in [0.3, 0.4) is 0 Å². The second kappa shape index (κ2) is 5.09. The zero-order chi connectivity index (χ0) is 14.3. The van der Waals surface area contributed by atoms with Gasteiger partial charge in [0.15, 0.2) is 0 Å². The van der Waals surface area contributed by atoms with Gasteiger partial charge in [-0.25, -0.2) is 9.69 Å². The van der Waals surface area contributed by atoms with E-state index < -0.39 is 0 Å². The summed E-state index contributed by atoms with van der Waals surface area (Å²) in [5.41, 5.74) is 1.47. The summed E-state index contributed by atoms with van der Waals surface area (Å²) in [6.07, 6.45) is 3.86. The van der Waals surface area contributed by atoms with Crippen LogP contribution >= 0.6 is 11.6 Å². The molecule has 2 unspecified atom stereocenters. The Morgan fingerprint density at radius 1 is 1.25 bits per heavy atom. The number of hydrogen-bond donors (Lipinski definition) is 1. The number of imide groups is 1. The van der Waals surface area contributed by atoms with Crippen molar-refractivity contribution in [2.45, 2.75) is 38.6 Å². The number of nitrogens with zero attached hydrogens (tertiary/aromatic N) is 1. The molecule has 1 saturated carbocycles. The number of carbonyl (C=O) groups excluding carboxylic acids is 2. The highest BCUT2D eigenvalue weighted by Gasteiger charge is 2.42. The zero-order valence-electron chi connectivity index (χ0n) is 11.4. The van der Waals surface area contributed by atoms with E-state index >= 15 is 0 Å². The number of carbonyl (C=O) groups is 2. The number of nitrogens with one attached hydrogen (secondary N) is 1. The van der Waals surface area contributed by atoms with E-state index in [0.29, 0.717) is 10.7 Å². The van der Waals surface area contributed by atoms with Crippen molar-refractivity contribution in [2.24, 2.45) is 5.92 Å². The van der Waals surface area contributed by atoms with Crippen LogP contribution in [-0.4, -0.2) is 18.0 Å².